The van der Waals surface area contributed by atoms with Gasteiger partial charge in [0, 0.05) is 13.2 Å². The van der Waals surface area contributed by atoms with Gasteiger partial charge in [0.25, 0.3) is 0 Å². The fourth-order valence-corrected chi connectivity index (χ4v) is 2.76. The first-order valence-corrected chi connectivity index (χ1v) is 7.82. The lowest BCUT2D eigenvalue weighted by molar-refractivity contribution is -0.127. The van der Waals surface area contributed by atoms with Gasteiger partial charge in [-0.15, -0.1) is 0 Å². The second-order valence-corrected chi connectivity index (χ2v) is 5.64. The Morgan fingerprint density at radius 3 is 2.76 bits per heavy atom. The van der Waals surface area contributed by atoms with Gasteiger partial charge in [-0.3, -0.25) is 4.79 Å². The number of aliphatic hydroxyl groups excluding tert-OH is 1. The van der Waals surface area contributed by atoms with Crippen molar-refractivity contribution in [2.24, 2.45) is 5.92 Å². The van der Waals surface area contributed by atoms with Gasteiger partial charge in [-0.25, -0.2) is 0 Å². The molecule has 2 atom stereocenters. The molecule has 0 spiro atoms. The van der Waals surface area contributed by atoms with Crippen LogP contribution in [0.3, 0.4) is 0 Å². The molecule has 0 aliphatic heterocycles. The number of hydrogen-bond acceptors (Lipinski definition) is 3. The van der Waals surface area contributed by atoms with Gasteiger partial charge in [-0.05, 0) is 36.8 Å². The molecule has 2 N–H and O–H groups in total. The van der Waals surface area contributed by atoms with Crippen LogP contribution in [0.5, 0.6) is 0 Å². The second kappa shape index (κ2) is 8.15. The molecule has 0 bridgehead atoms. The van der Waals surface area contributed by atoms with E-state index < -0.39 is 6.10 Å². The van der Waals surface area contributed by atoms with Crippen LogP contribution < -0.4 is 5.32 Å². The number of carbonyl (C=O) groups excluding carboxylic acids is 1. The molecular weight excluding hydrogens is 266 g/mol. The molecular formula is C17H25NO3. The number of rotatable bonds is 7. The molecule has 1 aliphatic carbocycles. The summed E-state index contributed by atoms with van der Waals surface area (Å²) in [5.41, 5.74) is 2.19. The van der Waals surface area contributed by atoms with E-state index in [9.17, 15) is 9.90 Å². The monoisotopic (exact) mass is 291 g/mol. The summed E-state index contributed by atoms with van der Waals surface area (Å²) >= 11 is 0. The first-order chi connectivity index (χ1) is 10.2. The number of amides is 1. The van der Waals surface area contributed by atoms with Crippen molar-refractivity contribution in [1.29, 1.82) is 0 Å². The van der Waals surface area contributed by atoms with Crippen molar-refractivity contribution < 1.29 is 14.6 Å². The third kappa shape index (κ3) is 4.55. The molecule has 1 aromatic rings. The van der Waals surface area contributed by atoms with E-state index in [0.29, 0.717) is 13.2 Å². The molecule has 0 saturated heterocycles. The summed E-state index contributed by atoms with van der Waals surface area (Å²) in [5.74, 6) is -0.280. The molecule has 4 heteroatoms. The first kappa shape index (κ1) is 16.0. The molecule has 1 aromatic carbocycles. The zero-order valence-electron chi connectivity index (χ0n) is 12.7. The summed E-state index contributed by atoms with van der Waals surface area (Å²) in [6.07, 6.45) is 2.97. The summed E-state index contributed by atoms with van der Waals surface area (Å²) in [4.78, 5) is 12.1. The molecule has 116 valence electrons. The van der Waals surface area contributed by atoms with Crippen molar-refractivity contribution in [2.75, 3.05) is 6.61 Å². The highest BCUT2D eigenvalue weighted by Gasteiger charge is 2.31. The van der Waals surface area contributed by atoms with Crippen molar-refractivity contribution in [2.45, 2.75) is 51.9 Å². The van der Waals surface area contributed by atoms with Crippen LogP contribution in [0.2, 0.25) is 0 Å². The van der Waals surface area contributed by atoms with Crippen molar-refractivity contribution in [1.82, 2.24) is 5.32 Å². The molecule has 2 rings (SSSR count). The molecule has 2 unspecified atom stereocenters. The molecule has 1 amide bonds. The Kier molecular flexibility index (Phi) is 6.21. The van der Waals surface area contributed by atoms with Crippen LogP contribution in [0.25, 0.3) is 0 Å². The maximum absolute atomic E-state index is 12.1. The topological polar surface area (TPSA) is 58.6 Å². The largest absolute Gasteiger partial charge is 0.392 e. The summed E-state index contributed by atoms with van der Waals surface area (Å²) < 4.78 is 5.58. The predicted molar refractivity (Wildman–Crippen MR) is 81.6 cm³/mol. The van der Waals surface area contributed by atoms with Gasteiger partial charge in [-0.1, -0.05) is 31.2 Å². The first-order valence-electron chi connectivity index (χ1n) is 7.82. The average molecular weight is 291 g/mol. The van der Waals surface area contributed by atoms with E-state index in [2.05, 4.69) is 12.2 Å². The van der Waals surface area contributed by atoms with Gasteiger partial charge in [0.1, 0.15) is 0 Å². The lowest BCUT2D eigenvalue weighted by atomic mass is 10.0. The zero-order valence-corrected chi connectivity index (χ0v) is 12.7. The van der Waals surface area contributed by atoms with Crippen LogP contribution in [0.1, 0.15) is 43.7 Å². The van der Waals surface area contributed by atoms with E-state index >= 15 is 0 Å². The average Bonchev–Trinajstić information content (AvgIpc) is 2.92. The summed E-state index contributed by atoms with van der Waals surface area (Å²) in [7, 11) is 0. The minimum Gasteiger partial charge on any atom is -0.392 e. The molecule has 21 heavy (non-hydrogen) atoms. The smallest absolute Gasteiger partial charge is 0.225 e. The maximum atomic E-state index is 12.1. The van der Waals surface area contributed by atoms with Crippen LogP contribution in [-0.2, 0) is 22.7 Å². The quantitative estimate of drug-likeness (QED) is 0.758. The maximum Gasteiger partial charge on any atom is 0.225 e. The number of carbonyl (C=O) groups is 1. The fraction of sp³-hybridized carbons (Fsp3) is 0.588. The Hall–Kier alpha value is -1.39. The predicted octanol–water partition coefficient (Wildman–Crippen LogP) is 2.39. The standard InChI is InChI=1S/C17H25NO3/c1-2-10-21-12-14-7-4-3-6-13(14)11-18-17(20)15-8-5-9-16(15)19/h3-4,6-7,15-16,19H,2,5,8-12H2,1H3,(H,18,20). The molecule has 0 radical (unpaired) electrons. The number of hydrogen-bond donors (Lipinski definition) is 2. The highest BCUT2D eigenvalue weighted by molar-refractivity contribution is 5.79. The normalized spacial score (nSPS) is 21.4. The van der Waals surface area contributed by atoms with E-state index in [1.165, 1.54) is 0 Å². The van der Waals surface area contributed by atoms with E-state index in [-0.39, 0.29) is 11.8 Å². The van der Waals surface area contributed by atoms with Gasteiger partial charge < -0.3 is 15.2 Å². The van der Waals surface area contributed by atoms with E-state index in [1.54, 1.807) is 0 Å². The van der Waals surface area contributed by atoms with Crippen LogP contribution >= 0.6 is 0 Å². The Balaban J connectivity index is 1.88. The van der Waals surface area contributed by atoms with Crippen LogP contribution in [0.4, 0.5) is 0 Å². The third-order valence-electron chi connectivity index (χ3n) is 3.99. The lowest BCUT2D eigenvalue weighted by Crippen LogP contribution is -2.34. The van der Waals surface area contributed by atoms with Crippen LogP contribution in [-0.4, -0.2) is 23.7 Å². The zero-order chi connectivity index (χ0) is 15.1. The lowest BCUT2D eigenvalue weighted by Gasteiger charge is -2.16. The Morgan fingerprint density at radius 2 is 2.10 bits per heavy atom. The fourth-order valence-electron chi connectivity index (χ4n) is 2.76. The van der Waals surface area contributed by atoms with Gasteiger partial charge in [0.2, 0.25) is 5.91 Å². The van der Waals surface area contributed by atoms with Gasteiger partial charge >= 0.3 is 0 Å². The van der Waals surface area contributed by atoms with E-state index in [1.807, 2.05) is 24.3 Å². The Labute approximate surface area is 126 Å². The summed E-state index contributed by atoms with van der Waals surface area (Å²) in [6, 6.07) is 7.99. The number of aliphatic hydroxyl groups is 1. The van der Waals surface area contributed by atoms with Gasteiger partial charge in [-0.2, -0.15) is 0 Å². The Morgan fingerprint density at radius 1 is 1.33 bits per heavy atom. The van der Waals surface area contributed by atoms with Crippen molar-refractivity contribution in [3.63, 3.8) is 0 Å². The molecule has 1 aliphatic rings. The second-order valence-electron chi connectivity index (χ2n) is 5.64. The number of nitrogens with one attached hydrogen (secondary N) is 1. The van der Waals surface area contributed by atoms with Crippen LogP contribution in [0, 0.1) is 5.92 Å². The summed E-state index contributed by atoms with van der Waals surface area (Å²) in [5, 5.41) is 12.7. The highest BCUT2D eigenvalue weighted by Crippen LogP contribution is 2.25. The number of ether oxygens (including phenoxy) is 1. The van der Waals surface area contributed by atoms with Crippen molar-refractivity contribution in [3.8, 4) is 0 Å². The molecule has 1 fully saturated rings. The van der Waals surface area contributed by atoms with Crippen molar-refractivity contribution in [3.05, 3.63) is 35.4 Å². The highest BCUT2D eigenvalue weighted by atomic mass is 16.5. The minimum atomic E-state index is -0.479. The minimum absolute atomic E-state index is 0.0377. The number of benzene rings is 1. The molecule has 4 nitrogen and oxygen atoms in total. The molecule has 1 saturated carbocycles. The van der Waals surface area contributed by atoms with E-state index in [4.69, 9.17) is 4.74 Å². The summed E-state index contributed by atoms with van der Waals surface area (Å²) in [6.45, 7) is 3.90. The van der Waals surface area contributed by atoms with E-state index in [0.717, 1.165) is 43.4 Å². The SMILES string of the molecule is CCCOCc1ccccc1CNC(=O)C1CCCC1O. The molecule has 0 heterocycles. The Bertz CT molecular complexity index is 461. The van der Waals surface area contributed by atoms with Crippen molar-refractivity contribution >= 4 is 5.91 Å². The molecule has 0 aromatic heterocycles. The third-order valence-corrected chi connectivity index (χ3v) is 3.99. The van der Waals surface area contributed by atoms with Gasteiger partial charge in [0.05, 0.1) is 18.6 Å². The van der Waals surface area contributed by atoms with Crippen LogP contribution in [0.15, 0.2) is 24.3 Å². The van der Waals surface area contributed by atoms with Gasteiger partial charge in [0.15, 0.2) is 0 Å².